The Hall–Kier alpha value is -0.570. The first-order chi connectivity index (χ1) is 6.74. The fourth-order valence-corrected chi connectivity index (χ4v) is 1.98. The summed E-state index contributed by atoms with van der Waals surface area (Å²) in [7, 11) is 1.87. The lowest BCUT2D eigenvalue weighted by Crippen LogP contribution is -2.33. The second kappa shape index (κ2) is 6.02. The van der Waals surface area contributed by atoms with Crippen molar-refractivity contribution in [2.75, 3.05) is 26.8 Å². The van der Waals surface area contributed by atoms with E-state index in [2.05, 4.69) is 0 Å². The maximum atomic E-state index is 11.5. The van der Waals surface area contributed by atoms with E-state index in [1.807, 2.05) is 18.9 Å². The zero-order valence-electron chi connectivity index (χ0n) is 9.29. The molecule has 0 saturated heterocycles. The van der Waals surface area contributed by atoms with Crippen LogP contribution >= 0.6 is 0 Å². The maximum Gasteiger partial charge on any atom is 0.248 e. The van der Waals surface area contributed by atoms with Crippen molar-refractivity contribution in [1.82, 2.24) is 4.90 Å². The molecule has 3 heteroatoms. The molecule has 0 bridgehead atoms. The molecule has 0 aromatic heterocycles. The van der Waals surface area contributed by atoms with Crippen molar-refractivity contribution in [1.29, 1.82) is 0 Å². The van der Waals surface area contributed by atoms with E-state index in [-0.39, 0.29) is 12.5 Å². The van der Waals surface area contributed by atoms with Crippen LogP contribution in [0.4, 0.5) is 0 Å². The summed E-state index contributed by atoms with van der Waals surface area (Å²) in [5.41, 5.74) is 0. The molecule has 14 heavy (non-hydrogen) atoms. The zero-order valence-corrected chi connectivity index (χ0v) is 9.29. The summed E-state index contributed by atoms with van der Waals surface area (Å²) >= 11 is 0. The molecule has 0 N–H and O–H groups in total. The average molecular weight is 199 g/mol. The summed E-state index contributed by atoms with van der Waals surface area (Å²) < 4.78 is 5.09. The molecule has 0 heterocycles. The summed E-state index contributed by atoms with van der Waals surface area (Å²) in [6.45, 7) is 3.67. The van der Waals surface area contributed by atoms with Gasteiger partial charge in [0.2, 0.25) is 5.91 Å². The number of rotatable bonds is 5. The average Bonchev–Trinajstić information content (AvgIpc) is 2.66. The largest absolute Gasteiger partial charge is 0.372 e. The molecule has 82 valence electrons. The molecule has 1 saturated carbocycles. The number of nitrogens with zero attached hydrogens (tertiary/aromatic N) is 1. The molecule has 0 spiro atoms. The quantitative estimate of drug-likeness (QED) is 0.674. The highest BCUT2D eigenvalue weighted by Crippen LogP contribution is 2.25. The fourth-order valence-electron chi connectivity index (χ4n) is 1.98. The van der Waals surface area contributed by atoms with Gasteiger partial charge in [-0.1, -0.05) is 12.8 Å². The van der Waals surface area contributed by atoms with E-state index in [0.717, 1.165) is 12.5 Å². The van der Waals surface area contributed by atoms with Gasteiger partial charge in [0.1, 0.15) is 6.61 Å². The van der Waals surface area contributed by atoms with E-state index >= 15 is 0 Å². The predicted octanol–water partition coefficient (Wildman–Crippen LogP) is 1.67. The van der Waals surface area contributed by atoms with Crippen LogP contribution in [0.15, 0.2) is 0 Å². The third-order valence-corrected chi connectivity index (χ3v) is 2.86. The lowest BCUT2D eigenvalue weighted by atomic mass is 10.1. The molecule has 0 aromatic carbocycles. The summed E-state index contributed by atoms with van der Waals surface area (Å²) in [6.07, 6.45) is 5.23. The van der Waals surface area contributed by atoms with Crippen LogP contribution < -0.4 is 0 Å². The first-order valence-corrected chi connectivity index (χ1v) is 5.55. The molecule has 1 aliphatic rings. The Balaban J connectivity index is 2.18. The molecule has 1 amide bonds. The van der Waals surface area contributed by atoms with E-state index in [0.29, 0.717) is 6.61 Å². The van der Waals surface area contributed by atoms with Crippen molar-refractivity contribution >= 4 is 5.91 Å². The van der Waals surface area contributed by atoms with Crippen molar-refractivity contribution < 1.29 is 9.53 Å². The second-order valence-electron chi connectivity index (χ2n) is 4.06. The lowest BCUT2D eigenvalue weighted by Gasteiger charge is -2.20. The molecule has 0 radical (unpaired) electrons. The number of carbonyl (C=O) groups is 1. The highest BCUT2D eigenvalue weighted by molar-refractivity contribution is 5.77. The molecule has 1 aliphatic carbocycles. The highest BCUT2D eigenvalue weighted by atomic mass is 16.5. The Morgan fingerprint density at radius 1 is 1.43 bits per heavy atom. The van der Waals surface area contributed by atoms with Gasteiger partial charge in [0, 0.05) is 20.2 Å². The standard InChI is InChI=1S/C11H21NO2/c1-3-14-9-11(13)12(2)8-10-6-4-5-7-10/h10H,3-9H2,1-2H3. The molecular formula is C11H21NO2. The Morgan fingerprint density at radius 3 is 2.64 bits per heavy atom. The number of hydrogen-bond donors (Lipinski definition) is 0. The Bertz CT molecular complexity index is 176. The Kier molecular flexibility index (Phi) is 4.94. The first-order valence-electron chi connectivity index (χ1n) is 5.55. The predicted molar refractivity (Wildman–Crippen MR) is 56.1 cm³/mol. The summed E-state index contributed by atoms with van der Waals surface area (Å²) in [5, 5.41) is 0. The van der Waals surface area contributed by atoms with E-state index in [9.17, 15) is 4.79 Å². The van der Waals surface area contributed by atoms with Gasteiger partial charge in [0.25, 0.3) is 0 Å². The molecule has 0 unspecified atom stereocenters. The maximum absolute atomic E-state index is 11.5. The van der Waals surface area contributed by atoms with Crippen LogP contribution in [-0.2, 0) is 9.53 Å². The Morgan fingerprint density at radius 2 is 2.07 bits per heavy atom. The minimum Gasteiger partial charge on any atom is -0.372 e. The Labute approximate surface area is 86.4 Å². The van der Waals surface area contributed by atoms with Crippen molar-refractivity contribution in [3.63, 3.8) is 0 Å². The fraction of sp³-hybridized carbons (Fsp3) is 0.909. The van der Waals surface area contributed by atoms with Gasteiger partial charge in [0.15, 0.2) is 0 Å². The van der Waals surface area contributed by atoms with Crippen LogP contribution in [-0.4, -0.2) is 37.6 Å². The van der Waals surface area contributed by atoms with Crippen molar-refractivity contribution in [3.05, 3.63) is 0 Å². The number of hydrogen-bond acceptors (Lipinski definition) is 2. The van der Waals surface area contributed by atoms with Gasteiger partial charge in [0.05, 0.1) is 0 Å². The van der Waals surface area contributed by atoms with Crippen molar-refractivity contribution in [2.45, 2.75) is 32.6 Å². The third-order valence-electron chi connectivity index (χ3n) is 2.86. The molecule has 0 aliphatic heterocycles. The molecule has 3 nitrogen and oxygen atoms in total. The number of amides is 1. The molecule has 1 fully saturated rings. The SMILES string of the molecule is CCOCC(=O)N(C)CC1CCCC1. The minimum absolute atomic E-state index is 0.110. The van der Waals surface area contributed by atoms with Gasteiger partial charge in [-0.05, 0) is 25.7 Å². The highest BCUT2D eigenvalue weighted by Gasteiger charge is 2.19. The molecule has 0 atom stereocenters. The van der Waals surface area contributed by atoms with Gasteiger partial charge < -0.3 is 9.64 Å². The third kappa shape index (κ3) is 3.66. The van der Waals surface area contributed by atoms with Gasteiger partial charge >= 0.3 is 0 Å². The van der Waals surface area contributed by atoms with Gasteiger partial charge in [-0.15, -0.1) is 0 Å². The van der Waals surface area contributed by atoms with Crippen LogP contribution in [0.3, 0.4) is 0 Å². The van der Waals surface area contributed by atoms with E-state index in [1.54, 1.807) is 0 Å². The van der Waals surface area contributed by atoms with Gasteiger partial charge in [-0.25, -0.2) is 0 Å². The lowest BCUT2D eigenvalue weighted by molar-refractivity contribution is -0.135. The van der Waals surface area contributed by atoms with Gasteiger partial charge in [-0.3, -0.25) is 4.79 Å². The van der Waals surface area contributed by atoms with Gasteiger partial charge in [-0.2, -0.15) is 0 Å². The van der Waals surface area contributed by atoms with E-state index < -0.39 is 0 Å². The topological polar surface area (TPSA) is 29.5 Å². The van der Waals surface area contributed by atoms with Crippen molar-refractivity contribution in [3.8, 4) is 0 Å². The van der Waals surface area contributed by atoms with E-state index in [1.165, 1.54) is 25.7 Å². The van der Waals surface area contributed by atoms with E-state index in [4.69, 9.17) is 4.74 Å². The van der Waals surface area contributed by atoms with Crippen molar-refractivity contribution in [2.24, 2.45) is 5.92 Å². The van der Waals surface area contributed by atoms with Crippen LogP contribution in [0.25, 0.3) is 0 Å². The number of likely N-dealkylation sites (N-methyl/N-ethyl adjacent to an activating group) is 1. The minimum atomic E-state index is 0.110. The van der Waals surface area contributed by atoms with Crippen LogP contribution in [0.2, 0.25) is 0 Å². The second-order valence-corrected chi connectivity index (χ2v) is 4.06. The monoisotopic (exact) mass is 199 g/mol. The smallest absolute Gasteiger partial charge is 0.248 e. The van der Waals surface area contributed by atoms with Crippen LogP contribution in [0, 0.1) is 5.92 Å². The number of carbonyl (C=O) groups excluding carboxylic acids is 1. The van der Waals surface area contributed by atoms with Crippen LogP contribution in [0.5, 0.6) is 0 Å². The first kappa shape index (κ1) is 11.5. The van der Waals surface area contributed by atoms with Crippen LogP contribution in [0.1, 0.15) is 32.6 Å². The zero-order chi connectivity index (χ0) is 10.4. The summed E-state index contributed by atoms with van der Waals surface area (Å²) in [5.74, 6) is 0.837. The normalized spacial score (nSPS) is 17.3. The summed E-state index contributed by atoms with van der Waals surface area (Å²) in [6, 6.07) is 0. The summed E-state index contributed by atoms with van der Waals surface area (Å²) in [4.78, 5) is 13.3. The molecule has 1 rings (SSSR count). The molecule has 0 aromatic rings. The molecular weight excluding hydrogens is 178 g/mol. The number of ether oxygens (including phenoxy) is 1.